The largest absolute Gasteiger partial charge is 0.361 e. The lowest BCUT2D eigenvalue weighted by Gasteiger charge is -2.20. The molecule has 0 spiro atoms. The predicted octanol–water partition coefficient (Wildman–Crippen LogP) is 9.17. The van der Waals surface area contributed by atoms with Crippen LogP contribution in [0.3, 0.4) is 0 Å². The summed E-state index contributed by atoms with van der Waals surface area (Å²) in [5.74, 6) is -0.398. The van der Waals surface area contributed by atoms with Crippen molar-refractivity contribution in [2.75, 3.05) is 6.61 Å². The van der Waals surface area contributed by atoms with Crippen molar-refractivity contribution in [2.24, 2.45) is 14.1 Å². The van der Waals surface area contributed by atoms with Crippen LogP contribution in [0.2, 0.25) is 35.7 Å². The fourth-order valence-corrected chi connectivity index (χ4v) is 7.89. The predicted molar refractivity (Wildman–Crippen MR) is 249 cm³/mol. The molecule has 8 rings (SSSR count). The van der Waals surface area contributed by atoms with E-state index in [0.29, 0.717) is 79.6 Å². The summed E-state index contributed by atoms with van der Waals surface area (Å²) >= 11 is 12.3. The minimum atomic E-state index is -1.20. The Hall–Kier alpha value is -5.68. The maximum absolute atomic E-state index is 13.2. The molecule has 324 valence electrons. The van der Waals surface area contributed by atoms with Gasteiger partial charge in [0.1, 0.15) is 40.5 Å². The summed E-state index contributed by atoms with van der Waals surface area (Å²) in [6.07, 6.45) is 6.76. The number of aryl methyl sites for hydroxylation is 2. The summed E-state index contributed by atoms with van der Waals surface area (Å²) in [5, 5.41) is 18.3. The number of carbonyl (C=O) groups excluding carboxylic acids is 2. The number of fused-ring (bicyclic) bond motifs is 4. The molecule has 0 fully saturated rings. The van der Waals surface area contributed by atoms with Crippen molar-refractivity contribution in [3.05, 3.63) is 82.4 Å². The van der Waals surface area contributed by atoms with E-state index in [9.17, 15) is 9.59 Å². The second-order valence-corrected chi connectivity index (χ2v) is 25.1. The van der Waals surface area contributed by atoms with Gasteiger partial charge in [-0.3, -0.25) is 19.0 Å². The van der Waals surface area contributed by atoms with Gasteiger partial charge in [-0.15, -0.1) is 0 Å². The Morgan fingerprint density at radius 3 is 1.81 bits per heavy atom. The molecule has 0 aliphatic carbocycles. The molecule has 62 heavy (non-hydrogen) atoms. The molecule has 6 heterocycles. The summed E-state index contributed by atoms with van der Waals surface area (Å²) in [6, 6.07) is 12.3. The summed E-state index contributed by atoms with van der Waals surface area (Å²) in [6.45, 7) is 19.6. The first kappa shape index (κ1) is 44.4. The van der Waals surface area contributed by atoms with Gasteiger partial charge in [-0.1, -0.05) is 42.8 Å². The van der Waals surface area contributed by atoms with Gasteiger partial charge < -0.3 is 24.9 Å². The van der Waals surface area contributed by atoms with Crippen molar-refractivity contribution in [3.8, 4) is 22.8 Å². The smallest absolute Gasteiger partial charge is 0.255 e. The van der Waals surface area contributed by atoms with Crippen LogP contribution in [0.15, 0.2) is 61.2 Å². The number of H-pyrrole nitrogens is 1. The molecule has 0 bridgehead atoms. The third kappa shape index (κ3) is 9.83. The molecule has 0 saturated heterocycles. The molecular weight excluding hydrogens is 844 g/mol. The van der Waals surface area contributed by atoms with E-state index < -0.39 is 8.07 Å². The maximum Gasteiger partial charge on any atom is 0.255 e. The SMILES string of the molecule is Cn1nc(-c2cnc3[nH]cc(C(=O)NC(C)(C)C)c3n2)c2ccc(Cl)cc21.Cn1nc(-c2cnc3c(n2)c(C(=O)NC(C)(C)C)cn3COCC[Si](C)(C)C)c2ccc(Cl)cc21. The van der Waals surface area contributed by atoms with E-state index in [4.69, 9.17) is 37.9 Å². The van der Waals surface area contributed by atoms with Gasteiger partial charge in [0, 0.05) is 73.1 Å². The number of halogens is 2. The zero-order chi connectivity index (χ0) is 44.9. The minimum Gasteiger partial charge on any atom is -0.361 e. The number of ether oxygens (including phenoxy) is 1. The molecule has 18 heteroatoms. The topological polar surface area (TPSA) is 175 Å². The second kappa shape index (κ2) is 16.9. The van der Waals surface area contributed by atoms with Crippen molar-refractivity contribution in [1.29, 1.82) is 0 Å². The molecule has 0 radical (unpaired) electrons. The molecule has 0 atom stereocenters. The second-order valence-electron chi connectivity index (χ2n) is 18.6. The monoisotopic (exact) mass is 894 g/mol. The highest BCUT2D eigenvalue weighted by Gasteiger charge is 2.25. The van der Waals surface area contributed by atoms with Crippen LogP contribution in [0.4, 0.5) is 0 Å². The number of nitrogens with one attached hydrogen (secondary N) is 3. The number of hydrogen-bond donors (Lipinski definition) is 3. The van der Waals surface area contributed by atoms with Crippen LogP contribution in [-0.2, 0) is 25.6 Å². The molecule has 15 nitrogen and oxygen atoms in total. The number of carbonyl (C=O) groups is 2. The summed E-state index contributed by atoms with van der Waals surface area (Å²) in [7, 11) is 2.52. The van der Waals surface area contributed by atoms with Gasteiger partial charge in [0.25, 0.3) is 11.8 Å². The lowest BCUT2D eigenvalue weighted by atomic mass is 10.1. The van der Waals surface area contributed by atoms with Crippen molar-refractivity contribution in [2.45, 2.75) is 85.0 Å². The van der Waals surface area contributed by atoms with Crippen LogP contribution in [0.5, 0.6) is 0 Å². The van der Waals surface area contributed by atoms with Gasteiger partial charge in [0.05, 0.1) is 34.6 Å². The summed E-state index contributed by atoms with van der Waals surface area (Å²) in [5.41, 5.74) is 6.75. The van der Waals surface area contributed by atoms with Gasteiger partial charge in [0.15, 0.2) is 11.3 Å². The Kier molecular flexibility index (Phi) is 12.1. The number of nitrogens with zero attached hydrogens (tertiary/aromatic N) is 9. The molecule has 0 unspecified atom stereocenters. The molecule has 8 aromatic rings. The van der Waals surface area contributed by atoms with Crippen molar-refractivity contribution < 1.29 is 14.3 Å². The van der Waals surface area contributed by atoms with E-state index in [1.165, 1.54) is 0 Å². The zero-order valence-corrected chi connectivity index (χ0v) is 39.4. The zero-order valence-electron chi connectivity index (χ0n) is 36.9. The average molecular weight is 896 g/mol. The van der Waals surface area contributed by atoms with Gasteiger partial charge in [-0.2, -0.15) is 10.2 Å². The molecule has 0 aliphatic rings. The standard InChI is InChI=1S/C25H33ClN6O2Si.C19H19ClN6O/c1-25(2,3)29-24(33)18-14-32(15-34-10-11-35(5,6)7)23-22(18)28-19(13-27-23)21-17-9-8-16(26)12-20(17)31(4)30-21;1-19(2,3)24-18(27)12-8-21-17-16(12)23-13(9-22-17)15-11-6-5-10(20)7-14(11)26(4)25-15/h8-9,12-14H,10-11,15H2,1-7H3,(H,29,33);5-9H,1-4H3,(H,21,22)(H,24,27). The maximum atomic E-state index is 13.2. The highest BCUT2D eigenvalue weighted by atomic mass is 35.5. The molecule has 0 saturated carbocycles. The Bertz CT molecular complexity index is 2980. The summed E-state index contributed by atoms with van der Waals surface area (Å²) in [4.78, 5) is 47.5. The fraction of sp³-hybridized carbons (Fsp3) is 0.364. The summed E-state index contributed by atoms with van der Waals surface area (Å²) < 4.78 is 11.3. The first-order valence-electron chi connectivity index (χ1n) is 20.2. The van der Waals surface area contributed by atoms with E-state index >= 15 is 0 Å². The third-order valence-electron chi connectivity index (χ3n) is 9.75. The van der Waals surface area contributed by atoms with E-state index in [1.807, 2.05) is 96.6 Å². The third-order valence-corrected chi connectivity index (χ3v) is 11.9. The quantitative estimate of drug-likeness (QED) is 0.0943. The van der Waals surface area contributed by atoms with Crippen molar-refractivity contribution in [3.63, 3.8) is 0 Å². The number of rotatable bonds is 9. The van der Waals surface area contributed by atoms with Crippen LogP contribution in [0.25, 0.3) is 66.9 Å². The molecule has 2 amide bonds. The molecule has 3 N–H and O–H groups in total. The lowest BCUT2D eigenvalue weighted by molar-refractivity contribution is 0.0884. The van der Waals surface area contributed by atoms with Gasteiger partial charge >= 0.3 is 0 Å². The Labute approximate surface area is 370 Å². The van der Waals surface area contributed by atoms with Crippen LogP contribution < -0.4 is 10.6 Å². The van der Waals surface area contributed by atoms with E-state index in [2.05, 4.69) is 55.4 Å². The van der Waals surface area contributed by atoms with Crippen LogP contribution in [0, 0.1) is 0 Å². The van der Waals surface area contributed by atoms with E-state index in [1.54, 1.807) is 34.2 Å². The molecule has 6 aromatic heterocycles. The van der Waals surface area contributed by atoms with Crippen molar-refractivity contribution in [1.82, 2.24) is 59.7 Å². The van der Waals surface area contributed by atoms with E-state index in [-0.39, 0.29) is 22.9 Å². The minimum absolute atomic E-state index is 0.196. The fourth-order valence-electron chi connectivity index (χ4n) is 6.81. The average Bonchev–Trinajstić information content (AvgIpc) is 3.93. The molecule has 2 aromatic carbocycles. The molecular formula is C44H52Cl2N12O3Si. The van der Waals surface area contributed by atoms with Crippen LogP contribution in [-0.4, -0.2) is 86.6 Å². The van der Waals surface area contributed by atoms with Gasteiger partial charge in [-0.05, 0) is 84.0 Å². The Morgan fingerprint density at radius 1 is 0.758 bits per heavy atom. The first-order chi connectivity index (χ1) is 29.0. The number of hydrogen-bond acceptors (Lipinski definition) is 9. The lowest BCUT2D eigenvalue weighted by Crippen LogP contribution is -2.40. The Balaban J connectivity index is 0.000000192. The number of aromatic nitrogens is 10. The van der Waals surface area contributed by atoms with Crippen LogP contribution >= 0.6 is 23.2 Å². The van der Waals surface area contributed by atoms with Gasteiger partial charge in [0.2, 0.25) is 0 Å². The Morgan fingerprint density at radius 2 is 1.27 bits per heavy atom. The van der Waals surface area contributed by atoms with E-state index in [0.717, 1.165) is 27.8 Å². The number of aromatic amines is 1. The number of amides is 2. The van der Waals surface area contributed by atoms with Gasteiger partial charge in [-0.25, -0.2) is 19.9 Å². The normalized spacial score (nSPS) is 12.3. The van der Waals surface area contributed by atoms with Crippen LogP contribution in [0.1, 0.15) is 62.3 Å². The molecule has 0 aliphatic heterocycles. The highest BCUT2D eigenvalue weighted by Crippen LogP contribution is 2.31. The highest BCUT2D eigenvalue weighted by molar-refractivity contribution is 6.76. The van der Waals surface area contributed by atoms with Crippen molar-refractivity contribution >= 4 is 87.2 Å². The number of benzene rings is 2. The first-order valence-corrected chi connectivity index (χ1v) is 24.7.